The van der Waals surface area contributed by atoms with Crippen LogP contribution in [0.4, 0.5) is 0 Å². The molecule has 1 aromatic carbocycles. The molecule has 0 bridgehead atoms. The van der Waals surface area contributed by atoms with Gasteiger partial charge in [-0.25, -0.2) is 0 Å². The molecule has 0 aliphatic carbocycles. The number of hydrogen-bond acceptors (Lipinski definition) is 2. The Balaban J connectivity index is 2.19. The smallest absolute Gasteiger partial charge is 0.0682 e. The SMILES string of the molecule is NCCCCc1cccc2cn[nH]c12. The number of hydrogen-bond donors (Lipinski definition) is 2. The molecule has 0 radical (unpaired) electrons. The molecule has 0 fully saturated rings. The van der Waals surface area contributed by atoms with Gasteiger partial charge in [-0.15, -0.1) is 0 Å². The lowest BCUT2D eigenvalue weighted by Gasteiger charge is -2.01. The fraction of sp³-hybridized carbons (Fsp3) is 0.364. The highest BCUT2D eigenvalue weighted by Crippen LogP contribution is 2.17. The predicted molar refractivity (Wildman–Crippen MR) is 58.1 cm³/mol. The summed E-state index contributed by atoms with van der Waals surface area (Å²) in [6.45, 7) is 0.777. The zero-order chi connectivity index (χ0) is 9.80. The maximum Gasteiger partial charge on any atom is 0.0682 e. The van der Waals surface area contributed by atoms with Crippen molar-refractivity contribution in [2.75, 3.05) is 6.54 Å². The van der Waals surface area contributed by atoms with E-state index in [-0.39, 0.29) is 0 Å². The molecule has 2 rings (SSSR count). The molecule has 0 aliphatic heterocycles. The van der Waals surface area contributed by atoms with Crippen molar-refractivity contribution in [3.8, 4) is 0 Å². The average molecular weight is 189 g/mol. The number of nitrogens with zero attached hydrogens (tertiary/aromatic N) is 1. The van der Waals surface area contributed by atoms with E-state index < -0.39 is 0 Å². The number of fused-ring (bicyclic) bond motifs is 1. The van der Waals surface area contributed by atoms with Crippen LogP contribution in [0.15, 0.2) is 24.4 Å². The molecule has 0 unspecified atom stereocenters. The van der Waals surface area contributed by atoms with Gasteiger partial charge in [-0.05, 0) is 31.4 Å². The first-order chi connectivity index (χ1) is 6.92. The van der Waals surface area contributed by atoms with E-state index in [2.05, 4.69) is 28.4 Å². The van der Waals surface area contributed by atoms with E-state index in [0.29, 0.717) is 0 Å². The first-order valence-electron chi connectivity index (χ1n) is 5.03. The third-order valence-electron chi connectivity index (χ3n) is 2.46. The Labute approximate surface area is 83.3 Å². The normalized spacial score (nSPS) is 10.9. The predicted octanol–water partition coefficient (Wildman–Crippen LogP) is 1.84. The number of aromatic amines is 1. The topological polar surface area (TPSA) is 54.7 Å². The van der Waals surface area contributed by atoms with Crippen LogP contribution in [0.5, 0.6) is 0 Å². The van der Waals surface area contributed by atoms with Gasteiger partial charge in [0.15, 0.2) is 0 Å². The van der Waals surface area contributed by atoms with Crippen LogP contribution < -0.4 is 5.73 Å². The van der Waals surface area contributed by atoms with E-state index in [9.17, 15) is 0 Å². The fourth-order valence-corrected chi connectivity index (χ4v) is 1.70. The Morgan fingerprint density at radius 1 is 1.29 bits per heavy atom. The molecule has 0 spiro atoms. The molecule has 2 aromatic rings. The van der Waals surface area contributed by atoms with Crippen molar-refractivity contribution in [2.45, 2.75) is 19.3 Å². The number of para-hydroxylation sites is 1. The van der Waals surface area contributed by atoms with Crippen LogP contribution >= 0.6 is 0 Å². The van der Waals surface area contributed by atoms with Crippen LogP contribution in [-0.4, -0.2) is 16.7 Å². The summed E-state index contributed by atoms with van der Waals surface area (Å²) in [5.74, 6) is 0. The van der Waals surface area contributed by atoms with Crippen molar-refractivity contribution in [3.05, 3.63) is 30.0 Å². The zero-order valence-electron chi connectivity index (χ0n) is 8.16. The molecule has 3 heteroatoms. The Morgan fingerprint density at radius 2 is 2.21 bits per heavy atom. The average Bonchev–Trinajstić information content (AvgIpc) is 2.67. The maximum atomic E-state index is 5.47. The maximum absolute atomic E-state index is 5.47. The fourth-order valence-electron chi connectivity index (χ4n) is 1.70. The van der Waals surface area contributed by atoms with Crippen molar-refractivity contribution in [3.63, 3.8) is 0 Å². The Kier molecular flexibility index (Phi) is 2.79. The van der Waals surface area contributed by atoms with Crippen LogP contribution in [0.3, 0.4) is 0 Å². The standard InChI is InChI=1S/C11H15N3/c12-7-2-1-4-9-5-3-6-10-8-13-14-11(9)10/h3,5-6,8H,1-2,4,7,12H2,(H,13,14). The molecule has 0 saturated carbocycles. The van der Waals surface area contributed by atoms with Crippen molar-refractivity contribution >= 4 is 10.9 Å². The van der Waals surface area contributed by atoms with Gasteiger partial charge in [0.25, 0.3) is 0 Å². The molecule has 14 heavy (non-hydrogen) atoms. The summed E-state index contributed by atoms with van der Waals surface area (Å²) < 4.78 is 0. The summed E-state index contributed by atoms with van der Waals surface area (Å²) in [5, 5.41) is 8.26. The number of nitrogens with one attached hydrogen (secondary N) is 1. The van der Waals surface area contributed by atoms with Crippen molar-refractivity contribution in [1.29, 1.82) is 0 Å². The number of aromatic nitrogens is 2. The Morgan fingerprint density at radius 3 is 3.07 bits per heavy atom. The second-order valence-electron chi connectivity index (χ2n) is 3.50. The highest BCUT2D eigenvalue weighted by Gasteiger charge is 2.01. The second-order valence-corrected chi connectivity index (χ2v) is 3.50. The monoisotopic (exact) mass is 189 g/mol. The summed E-state index contributed by atoms with van der Waals surface area (Å²) >= 11 is 0. The second kappa shape index (κ2) is 4.24. The number of aryl methyl sites for hydroxylation is 1. The molecule has 3 nitrogen and oxygen atoms in total. The third-order valence-corrected chi connectivity index (χ3v) is 2.46. The van der Waals surface area contributed by atoms with E-state index >= 15 is 0 Å². The van der Waals surface area contributed by atoms with Crippen LogP contribution in [0.1, 0.15) is 18.4 Å². The summed E-state index contributed by atoms with van der Waals surface area (Å²) in [4.78, 5) is 0. The molecular weight excluding hydrogens is 174 g/mol. The lowest BCUT2D eigenvalue weighted by Crippen LogP contribution is -1.99. The summed E-state index contributed by atoms with van der Waals surface area (Å²) in [5.41, 5.74) is 7.98. The molecule has 1 heterocycles. The number of unbranched alkanes of at least 4 members (excludes halogenated alkanes) is 1. The molecule has 74 valence electrons. The molecule has 0 saturated heterocycles. The summed E-state index contributed by atoms with van der Waals surface area (Å²) in [6.07, 6.45) is 5.18. The van der Waals surface area contributed by atoms with Gasteiger partial charge < -0.3 is 5.73 Å². The first kappa shape index (κ1) is 9.21. The molecule has 3 N–H and O–H groups in total. The zero-order valence-corrected chi connectivity index (χ0v) is 8.16. The van der Waals surface area contributed by atoms with Gasteiger partial charge in [0, 0.05) is 5.39 Å². The first-order valence-corrected chi connectivity index (χ1v) is 5.03. The van der Waals surface area contributed by atoms with Gasteiger partial charge in [-0.2, -0.15) is 5.10 Å². The summed E-state index contributed by atoms with van der Waals surface area (Å²) in [6, 6.07) is 6.30. The lowest BCUT2D eigenvalue weighted by atomic mass is 10.1. The van der Waals surface area contributed by atoms with E-state index in [1.54, 1.807) is 0 Å². The van der Waals surface area contributed by atoms with Gasteiger partial charge in [-0.1, -0.05) is 18.2 Å². The minimum atomic E-state index is 0.777. The van der Waals surface area contributed by atoms with Gasteiger partial charge >= 0.3 is 0 Å². The highest BCUT2D eigenvalue weighted by atomic mass is 15.1. The van der Waals surface area contributed by atoms with Crippen molar-refractivity contribution in [1.82, 2.24) is 10.2 Å². The minimum absolute atomic E-state index is 0.777. The van der Waals surface area contributed by atoms with Gasteiger partial charge in [0.05, 0.1) is 11.7 Å². The van der Waals surface area contributed by atoms with Gasteiger partial charge in [-0.3, -0.25) is 5.10 Å². The highest BCUT2D eigenvalue weighted by molar-refractivity contribution is 5.81. The molecular formula is C11H15N3. The van der Waals surface area contributed by atoms with E-state index in [0.717, 1.165) is 25.8 Å². The number of rotatable bonds is 4. The Bertz CT molecular complexity index is 406. The molecule has 0 amide bonds. The van der Waals surface area contributed by atoms with Crippen LogP contribution in [0.25, 0.3) is 10.9 Å². The number of benzene rings is 1. The number of nitrogens with two attached hydrogens (primary N) is 1. The van der Waals surface area contributed by atoms with Crippen LogP contribution in [-0.2, 0) is 6.42 Å². The quantitative estimate of drug-likeness (QED) is 0.721. The largest absolute Gasteiger partial charge is 0.330 e. The Hall–Kier alpha value is -1.35. The van der Waals surface area contributed by atoms with Gasteiger partial charge in [0.2, 0.25) is 0 Å². The van der Waals surface area contributed by atoms with E-state index in [1.165, 1.54) is 16.5 Å². The van der Waals surface area contributed by atoms with E-state index in [4.69, 9.17) is 5.73 Å². The number of H-pyrrole nitrogens is 1. The van der Waals surface area contributed by atoms with E-state index in [1.807, 2.05) is 6.20 Å². The van der Waals surface area contributed by atoms with Crippen molar-refractivity contribution in [2.24, 2.45) is 5.73 Å². The van der Waals surface area contributed by atoms with Crippen LogP contribution in [0, 0.1) is 0 Å². The van der Waals surface area contributed by atoms with Crippen LogP contribution in [0.2, 0.25) is 0 Å². The molecule has 0 aliphatic rings. The third kappa shape index (κ3) is 1.77. The lowest BCUT2D eigenvalue weighted by molar-refractivity contribution is 0.746. The molecule has 1 aromatic heterocycles. The minimum Gasteiger partial charge on any atom is -0.330 e. The van der Waals surface area contributed by atoms with Gasteiger partial charge in [0.1, 0.15) is 0 Å². The molecule has 0 atom stereocenters. The summed E-state index contributed by atoms with van der Waals surface area (Å²) in [7, 11) is 0. The van der Waals surface area contributed by atoms with Crippen molar-refractivity contribution < 1.29 is 0 Å².